The summed E-state index contributed by atoms with van der Waals surface area (Å²) in [7, 11) is 0. The van der Waals surface area contributed by atoms with Gasteiger partial charge in [0.1, 0.15) is 5.41 Å². The number of allylic oxidation sites excluding steroid dienone is 1. The monoisotopic (exact) mass is 557 g/mol. The Hall–Kier alpha value is -5.77. The lowest BCUT2D eigenvalue weighted by Crippen LogP contribution is -2.53. The number of benzene rings is 4. The number of nitrogens with zero attached hydrogens (tertiary/aromatic N) is 2. The minimum Gasteiger partial charge on any atom is -0.376 e. The molecule has 2 unspecified atom stereocenters. The van der Waals surface area contributed by atoms with Crippen LogP contribution in [-0.4, -0.2) is 27.2 Å². The molecule has 1 aliphatic heterocycles. The van der Waals surface area contributed by atoms with Crippen molar-refractivity contribution in [2.75, 3.05) is 0 Å². The van der Waals surface area contributed by atoms with Crippen LogP contribution in [0.1, 0.15) is 59.7 Å². The molecule has 10 heteroatoms. The number of rotatable bonds is 4. The molecule has 0 aromatic heterocycles. The lowest BCUT2D eigenvalue weighted by molar-refractivity contribution is -0.385. The van der Waals surface area contributed by atoms with Crippen molar-refractivity contribution in [3.63, 3.8) is 0 Å². The highest BCUT2D eigenvalue weighted by Gasteiger charge is 2.67. The van der Waals surface area contributed by atoms with E-state index >= 15 is 0 Å². The fraction of sp³-hybridized carbons (Fsp3) is 0.0938. The average molecular weight is 558 g/mol. The van der Waals surface area contributed by atoms with Crippen molar-refractivity contribution < 1.29 is 24.2 Å². The van der Waals surface area contributed by atoms with Crippen molar-refractivity contribution in [1.29, 1.82) is 0 Å². The van der Waals surface area contributed by atoms with Gasteiger partial charge in [0.05, 0.1) is 21.6 Å². The van der Waals surface area contributed by atoms with E-state index in [1.807, 2.05) is 0 Å². The van der Waals surface area contributed by atoms with Gasteiger partial charge in [0, 0.05) is 58.0 Å². The molecule has 1 heterocycles. The van der Waals surface area contributed by atoms with Crippen LogP contribution in [0.2, 0.25) is 0 Å². The molecule has 1 N–H and O–H groups in total. The zero-order valence-corrected chi connectivity index (χ0v) is 21.6. The predicted molar refractivity (Wildman–Crippen MR) is 150 cm³/mol. The summed E-state index contributed by atoms with van der Waals surface area (Å²) < 4.78 is 0. The van der Waals surface area contributed by atoms with Crippen LogP contribution >= 0.6 is 0 Å². The third kappa shape index (κ3) is 3.23. The minimum absolute atomic E-state index is 0.163. The SMILES string of the molecule is O=C1C2=C(NC(c3ccc([N+](=O)[O-])cc3)C3(C(=O)c4ccccc4C3=O)C2c2ccc([N+](=O)[O-])cc2)c2ccccc21. The molecule has 0 radical (unpaired) electrons. The van der Waals surface area contributed by atoms with Gasteiger partial charge in [-0.05, 0) is 11.1 Å². The number of hydrogen-bond donors (Lipinski definition) is 1. The summed E-state index contributed by atoms with van der Waals surface area (Å²) in [6.07, 6.45) is 0. The molecular formula is C32H19N3O7. The molecular weight excluding hydrogens is 538 g/mol. The van der Waals surface area contributed by atoms with Crippen molar-refractivity contribution in [3.05, 3.63) is 156 Å². The molecule has 7 rings (SSSR count). The Morgan fingerprint density at radius 1 is 0.595 bits per heavy atom. The lowest BCUT2D eigenvalue weighted by atomic mass is 9.58. The van der Waals surface area contributed by atoms with Crippen LogP contribution in [0.3, 0.4) is 0 Å². The molecule has 10 nitrogen and oxygen atoms in total. The molecule has 2 aliphatic carbocycles. The second-order valence-corrected chi connectivity index (χ2v) is 10.4. The van der Waals surface area contributed by atoms with Gasteiger partial charge in [-0.3, -0.25) is 34.6 Å². The summed E-state index contributed by atoms with van der Waals surface area (Å²) in [4.78, 5) is 65.2. The normalized spacial score (nSPS) is 19.8. The molecule has 204 valence electrons. The van der Waals surface area contributed by atoms with Gasteiger partial charge in [0.2, 0.25) is 0 Å². The third-order valence-corrected chi connectivity index (χ3v) is 8.49. The first-order valence-electron chi connectivity index (χ1n) is 13.1. The maximum Gasteiger partial charge on any atom is 0.269 e. The van der Waals surface area contributed by atoms with Gasteiger partial charge < -0.3 is 5.32 Å². The van der Waals surface area contributed by atoms with Crippen molar-refractivity contribution in [1.82, 2.24) is 5.32 Å². The Balaban J connectivity index is 1.56. The first kappa shape index (κ1) is 25.2. The van der Waals surface area contributed by atoms with E-state index in [2.05, 4.69) is 5.32 Å². The zero-order chi connectivity index (χ0) is 29.3. The molecule has 0 bridgehead atoms. The van der Waals surface area contributed by atoms with Crippen LogP contribution in [0.5, 0.6) is 0 Å². The number of Topliss-reactive ketones (excluding diaryl/α,β-unsaturated/α-hetero) is 3. The average Bonchev–Trinajstić information content (AvgIpc) is 3.41. The fourth-order valence-corrected chi connectivity index (χ4v) is 6.69. The number of ketones is 3. The number of hydrogen-bond acceptors (Lipinski definition) is 8. The molecule has 0 saturated carbocycles. The van der Waals surface area contributed by atoms with Crippen LogP contribution in [0.15, 0.2) is 103 Å². The zero-order valence-electron chi connectivity index (χ0n) is 21.6. The summed E-state index contributed by atoms with van der Waals surface area (Å²) in [5, 5.41) is 26.2. The van der Waals surface area contributed by atoms with Crippen LogP contribution < -0.4 is 5.32 Å². The number of carbonyl (C=O) groups excluding carboxylic acids is 3. The van der Waals surface area contributed by atoms with Crippen molar-refractivity contribution in [2.24, 2.45) is 5.41 Å². The number of carbonyl (C=O) groups is 3. The fourth-order valence-electron chi connectivity index (χ4n) is 6.69. The van der Waals surface area contributed by atoms with E-state index < -0.39 is 38.8 Å². The van der Waals surface area contributed by atoms with Crippen molar-refractivity contribution in [2.45, 2.75) is 12.0 Å². The van der Waals surface area contributed by atoms with E-state index in [1.165, 1.54) is 48.5 Å². The first-order chi connectivity index (χ1) is 20.2. The summed E-state index contributed by atoms with van der Waals surface area (Å²) in [5.74, 6) is -2.48. The number of fused-ring (bicyclic) bond motifs is 3. The Morgan fingerprint density at radius 3 is 1.55 bits per heavy atom. The number of nitro benzene ring substituents is 2. The van der Waals surface area contributed by atoms with E-state index in [4.69, 9.17) is 0 Å². The van der Waals surface area contributed by atoms with Gasteiger partial charge in [0.15, 0.2) is 17.3 Å². The summed E-state index contributed by atoms with van der Waals surface area (Å²) in [6, 6.07) is 23.5. The quantitative estimate of drug-likeness (QED) is 0.193. The van der Waals surface area contributed by atoms with Gasteiger partial charge in [-0.15, -0.1) is 0 Å². The Kier molecular flexibility index (Phi) is 5.32. The molecule has 42 heavy (non-hydrogen) atoms. The van der Waals surface area contributed by atoms with Gasteiger partial charge in [-0.2, -0.15) is 0 Å². The highest BCUT2D eigenvalue weighted by Crippen LogP contribution is 2.62. The van der Waals surface area contributed by atoms with E-state index in [9.17, 15) is 34.6 Å². The van der Waals surface area contributed by atoms with Gasteiger partial charge in [0.25, 0.3) is 11.4 Å². The van der Waals surface area contributed by atoms with Crippen molar-refractivity contribution >= 4 is 34.4 Å². The van der Waals surface area contributed by atoms with E-state index in [0.717, 1.165) is 0 Å². The smallest absolute Gasteiger partial charge is 0.269 e. The maximum atomic E-state index is 14.7. The first-order valence-corrected chi connectivity index (χ1v) is 13.1. The minimum atomic E-state index is -1.91. The van der Waals surface area contributed by atoms with E-state index in [1.54, 1.807) is 48.5 Å². The second kappa shape index (κ2) is 8.87. The molecule has 1 spiro atoms. The predicted octanol–water partition coefficient (Wildman–Crippen LogP) is 5.60. The van der Waals surface area contributed by atoms with Gasteiger partial charge >= 0.3 is 0 Å². The third-order valence-electron chi connectivity index (χ3n) is 8.49. The molecule has 0 saturated heterocycles. The van der Waals surface area contributed by atoms with Crippen LogP contribution in [0, 0.1) is 25.6 Å². The molecule has 4 aromatic rings. The Labute approximate surface area is 237 Å². The van der Waals surface area contributed by atoms with Crippen molar-refractivity contribution in [3.8, 4) is 0 Å². The van der Waals surface area contributed by atoms with Crippen LogP contribution in [0.4, 0.5) is 11.4 Å². The standard InChI is InChI=1S/C32H19N3O7/c36-28-22-6-2-1-5-21(22)27-25(28)26(17-9-13-19(14-10-17)34(39)40)32(30(37)23-7-3-4-8-24(23)31(32)38)29(33-27)18-11-15-20(16-12-18)35(41)42/h1-16,26,29,33H. The summed E-state index contributed by atoms with van der Waals surface area (Å²) in [6.45, 7) is 0. The molecule has 3 aliphatic rings. The van der Waals surface area contributed by atoms with Crippen LogP contribution in [0.25, 0.3) is 5.70 Å². The highest BCUT2D eigenvalue weighted by molar-refractivity contribution is 6.33. The van der Waals surface area contributed by atoms with E-state index in [0.29, 0.717) is 28.0 Å². The molecule has 0 amide bonds. The highest BCUT2D eigenvalue weighted by atomic mass is 16.6. The molecule has 2 atom stereocenters. The molecule has 4 aromatic carbocycles. The number of non-ortho nitro benzene ring substituents is 2. The maximum absolute atomic E-state index is 14.7. The Morgan fingerprint density at radius 2 is 1.05 bits per heavy atom. The van der Waals surface area contributed by atoms with Gasteiger partial charge in [-0.1, -0.05) is 72.8 Å². The van der Waals surface area contributed by atoms with E-state index in [-0.39, 0.29) is 33.9 Å². The topological polar surface area (TPSA) is 150 Å². The summed E-state index contributed by atoms with van der Waals surface area (Å²) >= 11 is 0. The van der Waals surface area contributed by atoms with Crippen LogP contribution in [-0.2, 0) is 0 Å². The molecule has 0 fully saturated rings. The largest absolute Gasteiger partial charge is 0.376 e. The number of nitro groups is 2. The second-order valence-electron chi connectivity index (χ2n) is 10.4. The lowest BCUT2D eigenvalue weighted by Gasteiger charge is -2.46. The number of nitrogens with one attached hydrogen (secondary N) is 1. The Bertz CT molecular complexity index is 1890. The summed E-state index contributed by atoms with van der Waals surface area (Å²) in [5.41, 5.74) is 0.640. The van der Waals surface area contributed by atoms with Gasteiger partial charge in [-0.25, -0.2) is 0 Å².